The lowest BCUT2D eigenvalue weighted by Crippen LogP contribution is -2.11. The maximum Gasteiger partial charge on any atom is 0.439 e. The van der Waals surface area contributed by atoms with Gasteiger partial charge in [-0.2, -0.15) is 0 Å². The first kappa shape index (κ1) is 21.7. The minimum Gasteiger partial charge on any atom is -0.455 e. The third-order valence-corrected chi connectivity index (χ3v) is 5.69. The van der Waals surface area contributed by atoms with E-state index in [2.05, 4.69) is 25.0 Å². The van der Waals surface area contributed by atoms with Crippen LogP contribution in [0, 0.1) is 6.92 Å². The summed E-state index contributed by atoms with van der Waals surface area (Å²) >= 11 is 6.08. The van der Waals surface area contributed by atoms with E-state index in [9.17, 15) is 9.59 Å². The number of benzene rings is 1. The Balaban J connectivity index is 1.62. The highest BCUT2D eigenvalue weighted by Gasteiger charge is 2.19. The molecule has 5 aromatic rings. The van der Waals surface area contributed by atoms with Gasteiger partial charge in [-0.3, -0.25) is 14.3 Å². The second-order valence-corrected chi connectivity index (χ2v) is 8.50. The van der Waals surface area contributed by atoms with Gasteiger partial charge in [-0.25, -0.2) is 9.78 Å². The van der Waals surface area contributed by atoms with Gasteiger partial charge in [0.15, 0.2) is 5.43 Å². The van der Waals surface area contributed by atoms with Gasteiger partial charge in [-0.1, -0.05) is 22.8 Å². The van der Waals surface area contributed by atoms with Crippen LogP contribution >= 0.6 is 11.6 Å². The highest BCUT2D eigenvalue weighted by molar-refractivity contribution is 6.29. The Morgan fingerprint density at radius 1 is 1.18 bits per heavy atom. The first-order chi connectivity index (χ1) is 16.3. The Bertz CT molecular complexity index is 1650. The van der Waals surface area contributed by atoms with Crippen molar-refractivity contribution < 1.29 is 8.94 Å². The number of rotatable bonds is 5. The molecule has 172 valence electrons. The molecule has 0 unspecified atom stereocenters. The maximum absolute atomic E-state index is 13.0. The van der Waals surface area contributed by atoms with E-state index < -0.39 is 5.76 Å². The normalized spacial score (nSPS) is 12.2. The molecule has 0 saturated heterocycles. The second-order valence-electron chi connectivity index (χ2n) is 8.11. The van der Waals surface area contributed by atoms with Crippen molar-refractivity contribution >= 4 is 28.3 Å². The van der Waals surface area contributed by atoms with Crippen molar-refractivity contribution in [3.63, 3.8) is 0 Å². The van der Waals surface area contributed by atoms with Gasteiger partial charge in [0.25, 0.3) is 0 Å². The Morgan fingerprint density at radius 3 is 2.71 bits per heavy atom. The topological polar surface area (TPSA) is 119 Å². The van der Waals surface area contributed by atoms with Crippen LogP contribution in [-0.2, 0) is 7.05 Å². The van der Waals surface area contributed by atoms with Crippen LogP contribution in [0.4, 0.5) is 5.69 Å². The van der Waals surface area contributed by atoms with Crippen LogP contribution in [0.5, 0.6) is 0 Å². The van der Waals surface area contributed by atoms with Crippen molar-refractivity contribution in [2.75, 3.05) is 5.32 Å². The molecule has 0 fully saturated rings. The zero-order valence-electron chi connectivity index (χ0n) is 18.5. The minimum absolute atomic E-state index is 0.119. The van der Waals surface area contributed by atoms with E-state index in [1.165, 1.54) is 6.07 Å². The molecule has 2 N–H and O–H groups in total. The molecule has 0 radical (unpaired) electrons. The number of aromatic amines is 1. The SMILES string of the molecule is Cc1cc([C@@H](C)Nc2ccc(Cl)nc2-c2noc(=O)[nH]2)c2oc(-c3ccn(C)c3)cc(=O)c2c1. The third-order valence-electron chi connectivity index (χ3n) is 5.48. The first-order valence-electron chi connectivity index (χ1n) is 10.5. The summed E-state index contributed by atoms with van der Waals surface area (Å²) in [6.45, 7) is 3.86. The average Bonchev–Trinajstić information content (AvgIpc) is 3.43. The summed E-state index contributed by atoms with van der Waals surface area (Å²) in [5.41, 5.74) is 3.80. The summed E-state index contributed by atoms with van der Waals surface area (Å²) in [5, 5.41) is 7.83. The minimum atomic E-state index is -0.698. The number of halogens is 1. The number of nitrogens with zero attached hydrogens (tertiary/aromatic N) is 3. The summed E-state index contributed by atoms with van der Waals surface area (Å²) in [5.74, 6) is -0.0608. The third kappa shape index (κ3) is 4.01. The summed E-state index contributed by atoms with van der Waals surface area (Å²) in [4.78, 5) is 31.2. The van der Waals surface area contributed by atoms with E-state index in [0.29, 0.717) is 28.1 Å². The lowest BCUT2D eigenvalue weighted by atomic mass is 10.0. The number of hydrogen-bond donors (Lipinski definition) is 2. The molecule has 0 spiro atoms. The van der Waals surface area contributed by atoms with Gasteiger partial charge in [0, 0.05) is 36.6 Å². The molecular weight excluding hydrogens is 458 g/mol. The second kappa shape index (κ2) is 8.35. The van der Waals surface area contributed by atoms with Crippen molar-refractivity contribution in [2.45, 2.75) is 19.9 Å². The summed E-state index contributed by atoms with van der Waals surface area (Å²) < 4.78 is 12.8. The number of aryl methyl sites for hydroxylation is 2. The number of aromatic nitrogens is 4. The standard InChI is InChI=1S/C24H20ClN5O4/c1-12-8-15(22-16(9-12)18(31)10-19(33-22)14-6-7-30(3)11-14)13(2)26-17-4-5-20(25)27-21(17)23-28-24(32)34-29-23/h4-11,13,26H,1-3H3,(H,28,29,32)/t13-/m1/s1. The quantitative estimate of drug-likeness (QED) is 0.353. The fourth-order valence-corrected chi connectivity index (χ4v) is 4.07. The highest BCUT2D eigenvalue weighted by Crippen LogP contribution is 2.33. The first-order valence-corrected chi connectivity index (χ1v) is 10.9. The Hall–Kier alpha value is -4.11. The van der Waals surface area contributed by atoms with Gasteiger partial charge in [-0.15, -0.1) is 0 Å². The van der Waals surface area contributed by atoms with Gasteiger partial charge in [0.1, 0.15) is 22.2 Å². The Kier molecular flexibility index (Phi) is 5.33. The number of nitrogens with one attached hydrogen (secondary N) is 2. The van der Waals surface area contributed by atoms with Crippen LogP contribution in [0.2, 0.25) is 5.15 Å². The zero-order chi connectivity index (χ0) is 24.0. The van der Waals surface area contributed by atoms with Crippen molar-refractivity contribution in [2.24, 2.45) is 7.05 Å². The molecule has 5 rings (SSSR count). The molecule has 0 aliphatic rings. The van der Waals surface area contributed by atoms with E-state index >= 15 is 0 Å². The fourth-order valence-electron chi connectivity index (χ4n) is 3.92. The largest absolute Gasteiger partial charge is 0.455 e. The molecule has 0 amide bonds. The van der Waals surface area contributed by atoms with Crippen LogP contribution in [0.15, 0.2) is 67.3 Å². The van der Waals surface area contributed by atoms with Gasteiger partial charge < -0.3 is 14.3 Å². The molecule has 34 heavy (non-hydrogen) atoms. The summed E-state index contributed by atoms with van der Waals surface area (Å²) in [7, 11) is 1.91. The van der Waals surface area contributed by atoms with Crippen molar-refractivity contribution in [3.05, 3.63) is 85.8 Å². The number of fused-ring (bicyclic) bond motifs is 1. The van der Waals surface area contributed by atoms with Gasteiger partial charge in [-0.05, 0) is 43.7 Å². The maximum atomic E-state index is 13.0. The molecule has 0 bridgehead atoms. The van der Waals surface area contributed by atoms with Gasteiger partial charge in [0.05, 0.1) is 17.1 Å². The predicted molar refractivity (Wildman–Crippen MR) is 129 cm³/mol. The Morgan fingerprint density at radius 2 is 2.00 bits per heavy atom. The number of H-pyrrole nitrogens is 1. The van der Waals surface area contributed by atoms with Crippen molar-refractivity contribution in [3.8, 4) is 22.8 Å². The smallest absolute Gasteiger partial charge is 0.439 e. The molecular formula is C24H20ClN5O4. The highest BCUT2D eigenvalue weighted by atomic mass is 35.5. The zero-order valence-corrected chi connectivity index (χ0v) is 19.3. The van der Waals surface area contributed by atoms with Crippen LogP contribution in [0.1, 0.15) is 24.1 Å². The van der Waals surface area contributed by atoms with Crippen LogP contribution < -0.4 is 16.5 Å². The molecule has 0 saturated carbocycles. The molecule has 0 aliphatic heterocycles. The molecule has 9 nitrogen and oxygen atoms in total. The summed E-state index contributed by atoms with van der Waals surface area (Å²) in [6, 6.07) is 10.3. The van der Waals surface area contributed by atoms with E-state index in [-0.39, 0.29) is 22.4 Å². The molecule has 1 aromatic carbocycles. The molecule has 1 atom stereocenters. The number of pyridine rings is 1. The predicted octanol–water partition coefficient (Wildman–Crippen LogP) is 4.67. The fraction of sp³-hybridized carbons (Fsp3) is 0.167. The van der Waals surface area contributed by atoms with E-state index in [1.807, 2.05) is 56.1 Å². The summed E-state index contributed by atoms with van der Waals surface area (Å²) in [6.07, 6.45) is 3.78. The lowest BCUT2D eigenvalue weighted by Gasteiger charge is -2.19. The molecule has 4 heterocycles. The molecule has 4 aromatic heterocycles. The molecule has 0 aliphatic carbocycles. The van der Waals surface area contributed by atoms with Crippen LogP contribution in [0.25, 0.3) is 33.8 Å². The van der Waals surface area contributed by atoms with E-state index in [1.54, 1.807) is 12.1 Å². The monoisotopic (exact) mass is 477 g/mol. The Labute approximate surface area is 198 Å². The van der Waals surface area contributed by atoms with E-state index in [4.69, 9.17) is 16.0 Å². The van der Waals surface area contributed by atoms with Crippen molar-refractivity contribution in [1.29, 1.82) is 0 Å². The van der Waals surface area contributed by atoms with Gasteiger partial charge in [0.2, 0.25) is 5.82 Å². The number of anilines is 1. The van der Waals surface area contributed by atoms with Crippen molar-refractivity contribution in [1.82, 2.24) is 19.7 Å². The van der Waals surface area contributed by atoms with Gasteiger partial charge >= 0.3 is 5.76 Å². The van der Waals surface area contributed by atoms with Crippen LogP contribution in [0.3, 0.4) is 0 Å². The lowest BCUT2D eigenvalue weighted by molar-refractivity contribution is 0.388. The molecule has 10 heteroatoms. The average molecular weight is 478 g/mol. The van der Waals surface area contributed by atoms with E-state index in [0.717, 1.165) is 16.7 Å². The van der Waals surface area contributed by atoms with Crippen LogP contribution in [-0.4, -0.2) is 19.7 Å². The number of hydrogen-bond acceptors (Lipinski definition) is 7.